The number of benzene rings is 1. The molecule has 98 valence electrons. The minimum atomic E-state index is -0.703. The van der Waals surface area contributed by atoms with E-state index in [-0.39, 0.29) is 18.2 Å². The average Bonchev–Trinajstić information content (AvgIpc) is 2.41. The molecule has 1 saturated heterocycles. The van der Waals surface area contributed by atoms with Gasteiger partial charge < -0.3 is 9.64 Å². The second-order valence-corrected chi connectivity index (χ2v) is 4.44. The van der Waals surface area contributed by atoms with Crippen LogP contribution in [0.15, 0.2) is 30.3 Å². The van der Waals surface area contributed by atoms with Gasteiger partial charge >= 0.3 is 0 Å². The molecule has 0 saturated carbocycles. The number of rotatable bonds is 5. The van der Waals surface area contributed by atoms with Gasteiger partial charge in [0.15, 0.2) is 11.9 Å². The molecule has 1 aliphatic heterocycles. The molecule has 2 atom stereocenters. The second kappa shape index (κ2) is 5.68. The number of ether oxygens (including phenoxy) is 1. The van der Waals surface area contributed by atoms with Crippen molar-refractivity contribution in [2.75, 3.05) is 6.54 Å². The Balaban J connectivity index is 1.99. The number of ketones is 1. The van der Waals surface area contributed by atoms with Crippen molar-refractivity contribution in [3.63, 3.8) is 0 Å². The van der Waals surface area contributed by atoms with Crippen LogP contribution >= 0.6 is 0 Å². The smallest absolute Gasteiger partial charge is 0.255 e. The molecule has 4 nitrogen and oxygen atoms in total. The zero-order chi connectivity index (χ0) is 13.8. The number of hydrogen-bond donors (Lipinski definition) is 0. The Labute approximate surface area is 112 Å². The third-order valence-electron chi connectivity index (χ3n) is 3.10. The first-order chi connectivity index (χ1) is 9.15. The average molecular weight is 257 g/mol. The first-order valence-electron chi connectivity index (χ1n) is 6.05. The standard InChI is InChI=1S/C15H15NO3/c1-3-9-16-13(11(2)17)14(15(16)18)19-10-12-7-5-4-6-8-12/h1,4-8,13-14H,9-10H2,2H3/t13-,14+/m1/s1. The van der Waals surface area contributed by atoms with Gasteiger partial charge in [-0.05, 0) is 12.5 Å². The summed E-state index contributed by atoms with van der Waals surface area (Å²) < 4.78 is 5.55. The first kappa shape index (κ1) is 13.3. The Bertz CT molecular complexity index is 518. The molecule has 2 rings (SSSR count). The van der Waals surface area contributed by atoms with Crippen molar-refractivity contribution < 1.29 is 14.3 Å². The van der Waals surface area contributed by atoms with Gasteiger partial charge in [-0.1, -0.05) is 36.3 Å². The molecule has 0 bridgehead atoms. The highest BCUT2D eigenvalue weighted by Gasteiger charge is 2.50. The van der Waals surface area contributed by atoms with E-state index in [0.29, 0.717) is 6.61 Å². The lowest BCUT2D eigenvalue weighted by atomic mass is 9.94. The predicted octanol–water partition coefficient (Wildman–Crippen LogP) is 1.00. The molecule has 0 N–H and O–H groups in total. The van der Waals surface area contributed by atoms with Gasteiger partial charge in [-0.15, -0.1) is 6.42 Å². The number of terminal acetylenes is 1. The number of β-lactam (4-membered cyclic amide) rings is 1. The summed E-state index contributed by atoms with van der Waals surface area (Å²) in [7, 11) is 0. The van der Waals surface area contributed by atoms with Gasteiger partial charge in [0.2, 0.25) is 0 Å². The third-order valence-corrected chi connectivity index (χ3v) is 3.10. The molecular formula is C15H15NO3. The number of Topliss-reactive ketones (excluding diaryl/α,β-unsaturated/α-hetero) is 1. The lowest BCUT2D eigenvalue weighted by Crippen LogP contribution is -2.68. The van der Waals surface area contributed by atoms with E-state index in [1.165, 1.54) is 11.8 Å². The zero-order valence-electron chi connectivity index (χ0n) is 10.7. The fourth-order valence-electron chi connectivity index (χ4n) is 2.15. The number of carbonyl (C=O) groups is 2. The Morgan fingerprint density at radius 1 is 1.42 bits per heavy atom. The van der Waals surface area contributed by atoms with E-state index in [4.69, 9.17) is 11.2 Å². The number of amides is 1. The van der Waals surface area contributed by atoms with E-state index in [9.17, 15) is 9.59 Å². The summed E-state index contributed by atoms with van der Waals surface area (Å²) in [5, 5.41) is 0. The van der Waals surface area contributed by atoms with E-state index >= 15 is 0 Å². The van der Waals surface area contributed by atoms with Crippen LogP contribution in [0.1, 0.15) is 12.5 Å². The molecule has 1 amide bonds. The van der Waals surface area contributed by atoms with Crippen LogP contribution in [0.2, 0.25) is 0 Å². The maximum absolute atomic E-state index is 11.8. The van der Waals surface area contributed by atoms with Crippen LogP contribution in [-0.2, 0) is 20.9 Å². The molecule has 1 aromatic carbocycles. The molecule has 0 radical (unpaired) electrons. The molecular weight excluding hydrogens is 242 g/mol. The van der Waals surface area contributed by atoms with E-state index in [2.05, 4.69) is 5.92 Å². The van der Waals surface area contributed by atoms with E-state index < -0.39 is 12.1 Å². The summed E-state index contributed by atoms with van der Waals surface area (Å²) in [5.41, 5.74) is 0.966. The van der Waals surface area contributed by atoms with Gasteiger partial charge in [-0.25, -0.2) is 0 Å². The molecule has 19 heavy (non-hydrogen) atoms. The molecule has 0 aliphatic carbocycles. The van der Waals surface area contributed by atoms with Gasteiger partial charge in [0.05, 0.1) is 13.2 Å². The fraction of sp³-hybridized carbons (Fsp3) is 0.333. The molecule has 0 unspecified atom stereocenters. The number of nitrogens with zero attached hydrogens (tertiary/aromatic N) is 1. The largest absolute Gasteiger partial charge is 0.361 e. The van der Waals surface area contributed by atoms with Gasteiger partial charge in [-0.3, -0.25) is 9.59 Å². The fourth-order valence-corrected chi connectivity index (χ4v) is 2.15. The quantitative estimate of drug-likeness (QED) is 0.584. The number of carbonyl (C=O) groups excluding carboxylic acids is 2. The Morgan fingerprint density at radius 2 is 2.11 bits per heavy atom. The van der Waals surface area contributed by atoms with Crippen LogP contribution < -0.4 is 0 Å². The molecule has 1 fully saturated rings. The van der Waals surface area contributed by atoms with Gasteiger partial charge in [-0.2, -0.15) is 0 Å². The van der Waals surface area contributed by atoms with Crippen molar-refractivity contribution in [1.82, 2.24) is 4.90 Å². The zero-order valence-corrected chi connectivity index (χ0v) is 10.7. The van der Waals surface area contributed by atoms with Crippen molar-refractivity contribution >= 4 is 11.7 Å². The van der Waals surface area contributed by atoms with Crippen molar-refractivity contribution in [3.8, 4) is 12.3 Å². The van der Waals surface area contributed by atoms with E-state index in [0.717, 1.165) is 5.56 Å². The normalized spacial score (nSPS) is 21.7. The maximum Gasteiger partial charge on any atom is 0.255 e. The summed E-state index contributed by atoms with van der Waals surface area (Å²) in [6.07, 6.45) is 4.48. The Kier molecular flexibility index (Phi) is 3.98. The van der Waals surface area contributed by atoms with Gasteiger partial charge in [0.25, 0.3) is 5.91 Å². The van der Waals surface area contributed by atoms with Crippen molar-refractivity contribution in [2.24, 2.45) is 0 Å². The van der Waals surface area contributed by atoms with Gasteiger partial charge in [0, 0.05) is 0 Å². The van der Waals surface area contributed by atoms with Crippen molar-refractivity contribution in [1.29, 1.82) is 0 Å². The van der Waals surface area contributed by atoms with Crippen molar-refractivity contribution in [2.45, 2.75) is 25.7 Å². The minimum absolute atomic E-state index is 0.104. The number of likely N-dealkylation sites (tertiary alicyclic amines) is 1. The van der Waals surface area contributed by atoms with E-state index in [1.54, 1.807) is 0 Å². The topological polar surface area (TPSA) is 46.6 Å². The molecule has 1 heterocycles. The summed E-state index contributed by atoms with van der Waals surface area (Å²) in [5.74, 6) is 2.06. The first-order valence-corrected chi connectivity index (χ1v) is 6.05. The van der Waals surface area contributed by atoms with E-state index in [1.807, 2.05) is 30.3 Å². The highest BCUT2D eigenvalue weighted by Crippen LogP contribution is 2.24. The summed E-state index contributed by atoms with van der Waals surface area (Å²) in [4.78, 5) is 24.8. The summed E-state index contributed by atoms with van der Waals surface area (Å²) in [6.45, 7) is 1.90. The number of hydrogen-bond acceptors (Lipinski definition) is 3. The maximum atomic E-state index is 11.8. The van der Waals surface area contributed by atoms with Crippen LogP contribution in [0.3, 0.4) is 0 Å². The summed E-state index contributed by atoms with van der Waals surface area (Å²) in [6, 6.07) is 8.97. The highest BCUT2D eigenvalue weighted by atomic mass is 16.5. The monoisotopic (exact) mass is 257 g/mol. The summed E-state index contributed by atoms with van der Waals surface area (Å²) >= 11 is 0. The lowest BCUT2D eigenvalue weighted by molar-refractivity contribution is -0.177. The van der Waals surface area contributed by atoms with Crippen LogP contribution in [0.5, 0.6) is 0 Å². The van der Waals surface area contributed by atoms with Crippen LogP contribution in [0, 0.1) is 12.3 Å². The molecule has 1 aliphatic rings. The highest BCUT2D eigenvalue weighted by molar-refractivity contribution is 6.01. The molecule has 4 heteroatoms. The Morgan fingerprint density at radius 3 is 2.68 bits per heavy atom. The van der Waals surface area contributed by atoms with Crippen LogP contribution in [-0.4, -0.2) is 35.3 Å². The Hall–Kier alpha value is -2.12. The second-order valence-electron chi connectivity index (χ2n) is 4.44. The van der Waals surface area contributed by atoms with Gasteiger partial charge in [0.1, 0.15) is 6.04 Å². The third kappa shape index (κ3) is 2.67. The minimum Gasteiger partial charge on any atom is -0.361 e. The van der Waals surface area contributed by atoms with Crippen LogP contribution in [0.4, 0.5) is 0 Å². The predicted molar refractivity (Wildman–Crippen MR) is 70.0 cm³/mol. The van der Waals surface area contributed by atoms with Crippen molar-refractivity contribution in [3.05, 3.63) is 35.9 Å². The molecule has 1 aromatic rings. The molecule has 0 aromatic heterocycles. The molecule has 0 spiro atoms. The SMILES string of the molecule is C#CCN1C(=O)[C@@H](OCc2ccccc2)[C@H]1C(C)=O. The lowest BCUT2D eigenvalue weighted by Gasteiger charge is -2.44. The van der Waals surface area contributed by atoms with Crippen LogP contribution in [0.25, 0.3) is 0 Å².